The van der Waals surface area contributed by atoms with E-state index in [4.69, 9.17) is 0 Å². The Labute approximate surface area is 228 Å². The molecule has 40 heavy (non-hydrogen) atoms. The van der Waals surface area contributed by atoms with Gasteiger partial charge in [-0.3, -0.25) is 19.2 Å². The molecule has 0 saturated heterocycles. The molecule has 6 heteroatoms. The maximum absolute atomic E-state index is 13.8. The summed E-state index contributed by atoms with van der Waals surface area (Å²) in [5.74, 6) is -1.18. The van der Waals surface area contributed by atoms with Crippen LogP contribution in [-0.2, 0) is 0 Å². The zero-order chi connectivity index (χ0) is 27.4. The van der Waals surface area contributed by atoms with Crippen LogP contribution in [0.3, 0.4) is 0 Å². The molecule has 5 aromatic carbocycles. The molecule has 0 amide bonds. The van der Waals surface area contributed by atoms with Gasteiger partial charge >= 0.3 is 0 Å². The molecule has 0 fully saturated rings. The third kappa shape index (κ3) is 3.43. The first-order valence-electron chi connectivity index (χ1n) is 12.7. The van der Waals surface area contributed by atoms with Crippen LogP contribution in [0.4, 0.5) is 11.4 Å². The summed E-state index contributed by atoms with van der Waals surface area (Å²) in [4.78, 5) is 53.9. The molecule has 2 aliphatic carbocycles. The number of benzene rings is 5. The van der Waals surface area contributed by atoms with Crippen LogP contribution in [0.25, 0.3) is 11.1 Å². The van der Waals surface area contributed by atoms with Crippen LogP contribution >= 0.6 is 0 Å². The summed E-state index contributed by atoms with van der Waals surface area (Å²) in [6, 6.07) is 31.0. The Morgan fingerprint density at radius 1 is 0.350 bits per heavy atom. The maximum atomic E-state index is 13.8. The van der Waals surface area contributed by atoms with Gasteiger partial charge < -0.3 is 0 Å². The lowest BCUT2D eigenvalue weighted by Crippen LogP contribution is -2.21. The van der Waals surface area contributed by atoms with Crippen LogP contribution in [0.5, 0.6) is 0 Å². The van der Waals surface area contributed by atoms with Crippen molar-refractivity contribution in [2.75, 3.05) is 0 Å². The quantitative estimate of drug-likeness (QED) is 0.229. The highest BCUT2D eigenvalue weighted by atomic mass is 16.1. The molecule has 2 aliphatic rings. The van der Waals surface area contributed by atoms with E-state index in [1.54, 1.807) is 78.9 Å². The summed E-state index contributed by atoms with van der Waals surface area (Å²) in [5, 5.41) is 8.98. The number of fused-ring (bicyclic) bond motifs is 4. The van der Waals surface area contributed by atoms with Crippen molar-refractivity contribution in [3.63, 3.8) is 0 Å². The van der Waals surface area contributed by atoms with Crippen molar-refractivity contribution in [2.45, 2.75) is 0 Å². The van der Waals surface area contributed by atoms with E-state index in [1.807, 2.05) is 30.3 Å². The lowest BCUT2D eigenvalue weighted by Gasteiger charge is -2.21. The Morgan fingerprint density at radius 3 is 1.45 bits per heavy atom. The minimum Gasteiger partial charge on any atom is -0.289 e. The molecule has 0 radical (unpaired) electrons. The van der Waals surface area contributed by atoms with Crippen molar-refractivity contribution < 1.29 is 19.2 Å². The number of carbonyl (C=O) groups excluding carboxylic acids is 4. The number of rotatable bonds is 3. The third-order valence-electron chi connectivity index (χ3n) is 7.34. The number of hydrogen-bond acceptors (Lipinski definition) is 6. The van der Waals surface area contributed by atoms with Crippen LogP contribution in [-0.4, -0.2) is 23.1 Å². The van der Waals surface area contributed by atoms with Crippen molar-refractivity contribution in [2.24, 2.45) is 10.2 Å². The van der Waals surface area contributed by atoms with Crippen molar-refractivity contribution in [1.82, 2.24) is 0 Å². The average Bonchev–Trinajstić information content (AvgIpc) is 3.01. The molecular formula is C34H18N2O4. The lowest BCUT2D eigenvalue weighted by molar-refractivity contribution is 0.0979. The third-order valence-corrected chi connectivity index (χ3v) is 7.34. The summed E-state index contributed by atoms with van der Waals surface area (Å²) in [6.07, 6.45) is 0. The largest absolute Gasteiger partial charge is 0.289 e. The van der Waals surface area contributed by atoms with Gasteiger partial charge in [0.1, 0.15) is 5.69 Å². The Kier molecular flexibility index (Phi) is 5.28. The molecule has 0 N–H and O–H groups in total. The molecule has 0 saturated carbocycles. The van der Waals surface area contributed by atoms with Gasteiger partial charge in [0.05, 0.1) is 16.8 Å². The number of ketones is 4. The summed E-state index contributed by atoms with van der Waals surface area (Å²) in [5.41, 5.74) is 3.94. The van der Waals surface area contributed by atoms with Gasteiger partial charge in [-0.2, -0.15) is 0 Å². The minimum absolute atomic E-state index is 0.159. The van der Waals surface area contributed by atoms with Crippen LogP contribution in [0.15, 0.2) is 119 Å². The summed E-state index contributed by atoms with van der Waals surface area (Å²) in [6.45, 7) is 0. The molecule has 188 valence electrons. The van der Waals surface area contributed by atoms with Crippen LogP contribution in [0.1, 0.15) is 63.7 Å². The van der Waals surface area contributed by atoms with Gasteiger partial charge in [0.25, 0.3) is 0 Å². The van der Waals surface area contributed by atoms with E-state index in [2.05, 4.69) is 10.2 Å². The zero-order valence-corrected chi connectivity index (χ0v) is 20.9. The van der Waals surface area contributed by atoms with E-state index in [-0.39, 0.29) is 56.8 Å². The van der Waals surface area contributed by atoms with E-state index in [9.17, 15) is 19.2 Å². The van der Waals surface area contributed by atoms with E-state index in [0.29, 0.717) is 27.8 Å². The fourth-order valence-corrected chi connectivity index (χ4v) is 5.44. The fourth-order valence-electron chi connectivity index (χ4n) is 5.44. The first-order chi connectivity index (χ1) is 19.5. The highest BCUT2D eigenvalue weighted by Crippen LogP contribution is 2.42. The number of hydrogen-bond donors (Lipinski definition) is 0. The van der Waals surface area contributed by atoms with Gasteiger partial charge in [-0.1, -0.05) is 97.1 Å². The topological polar surface area (TPSA) is 93.0 Å². The predicted molar refractivity (Wildman–Crippen MR) is 149 cm³/mol. The normalized spacial score (nSPS) is 13.6. The Bertz CT molecular complexity index is 1970. The predicted octanol–water partition coefficient (Wildman–Crippen LogP) is 7.32. The van der Waals surface area contributed by atoms with Crippen LogP contribution in [0.2, 0.25) is 0 Å². The zero-order valence-electron chi connectivity index (χ0n) is 20.9. The van der Waals surface area contributed by atoms with Gasteiger partial charge in [-0.25, -0.2) is 0 Å². The molecule has 0 bridgehead atoms. The van der Waals surface area contributed by atoms with E-state index < -0.39 is 0 Å². The van der Waals surface area contributed by atoms with Crippen molar-refractivity contribution in [1.29, 1.82) is 0 Å². The molecule has 5 aromatic rings. The van der Waals surface area contributed by atoms with Gasteiger partial charge in [-0.05, 0) is 17.7 Å². The average molecular weight is 519 g/mol. The second-order valence-electron chi connectivity index (χ2n) is 9.56. The highest BCUT2D eigenvalue weighted by Gasteiger charge is 2.34. The van der Waals surface area contributed by atoms with Gasteiger partial charge in [0.15, 0.2) is 23.1 Å². The summed E-state index contributed by atoms with van der Waals surface area (Å²) in [7, 11) is 0. The molecule has 7 rings (SSSR count). The minimum atomic E-state index is -0.327. The van der Waals surface area contributed by atoms with E-state index in [1.165, 1.54) is 0 Å². The molecule has 0 unspecified atom stereocenters. The summed E-state index contributed by atoms with van der Waals surface area (Å²) < 4.78 is 0. The standard InChI is InChI=1S/C34H18N2O4/c37-31-21-11-4-6-13-23(21)33(39)28-25(31)15-8-16-27(28)35-36-30-20(19-9-2-1-3-10-19)17-18-26-29(30)34(40)24-14-7-5-12-22(24)32(26)38/h1-18H. The van der Waals surface area contributed by atoms with E-state index in [0.717, 1.165) is 5.56 Å². The first-order valence-corrected chi connectivity index (χ1v) is 12.7. The van der Waals surface area contributed by atoms with Crippen molar-refractivity contribution >= 4 is 34.5 Å². The second kappa shape index (κ2) is 8.99. The molecule has 0 aromatic heterocycles. The summed E-state index contributed by atoms with van der Waals surface area (Å²) >= 11 is 0. The number of nitrogens with zero attached hydrogens (tertiary/aromatic N) is 2. The Balaban J connectivity index is 1.44. The molecule has 0 spiro atoms. The fraction of sp³-hybridized carbons (Fsp3) is 0. The molecule has 6 nitrogen and oxygen atoms in total. The maximum Gasteiger partial charge on any atom is 0.196 e. The Hall–Kier alpha value is -5.62. The second-order valence-corrected chi connectivity index (χ2v) is 9.56. The van der Waals surface area contributed by atoms with Crippen molar-refractivity contribution in [3.05, 3.63) is 154 Å². The van der Waals surface area contributed by atoms with Gasteiger partial charge in [0, 0.05) is 38.9 Å². The monoisotopic (exact) mass is 518 g/mol. The number of carbonyl (C=O) groups is 4. The van der Waals surface area contributed by atoms with Gasteiger partial charge in [-0.15, -0.1) is 10.2 Å². The highest BCUT2D eigenvalue weighted by molar-refractivity contribution is 6.31. The van der Waals surface area contributed by atoms with Crippen molar-refractivity contribution in [3.8, 4) is 11.1 Å². The van der Waals surface area contributed by atoms with E-state index >= 15 is 0 Å². The lowest BCUT2D eigenvalue weighted by atomic mass is 9.81. The molecular weight excluding hydrogens is 500 g/mol. The SMILES string of the molecule is O=C1c2ccccc2C(=O)c2c(N=Nc3c(-c4ccccc4)ccc4c3C(=O)c3ccccc3C4=O)cccc21. The smallest absolute Gasteiger partial charge is 0.196 e. The van der Waals surface area contributed by atoms with Crippen LogP contribution < -0.4 is 0 Å². The number of azo groups is 1. The van der Waals surface area contributed by atoms with Gasteiger partial charge in [0.2, 0.25) is 0 Å². The molecule has 0 atom stereocenters. The Morgan fingerprint density at radius 2 is 0.825 bits per heavy atom. The van der Waals surface area contributed by atoms with Crippen LogP contribution in [0, 0.1) is 0 Å². The first kappa shape index (κ1) is 23.5. The molecule has 0 heterocycles. The molecule has 0 aliphatic heterocycles.